The Labute approximate surface area is 110 Å². The van der Waals surface area contributed by atoms with Gasteiger partial charge in [0.15, 0.2) is 5.82 Å². The van der Waals surface area contributed by atoms with E-state index < -0.39 is 0 Å². The van der Waals surface area contributed by atoms with Gasteiger partial charge in [0, 0.05) is 16.3 Å². The van der Waals surface area contributed by atoms with Gasteiger partial charge in [0.2, 0.25) is 0 Å². The Bertz CT molecular complexity index is 588. The van der Waals surface area contributed by atoms with E-state index in [0.29, 0.717) is 16.5 Å². The first-order valence-corrected chi connectivity index (χ1v) is 6.32. The molecule has 1 aromatic heterocycles. The third-order valence-corrected chi connectivity index (χ3v) is 3.90. The van der Waals surface area contributed by atoms with Crippen molar-refractivity contribution >= 4 is 17.3 Å². The number of nitrogens with zero attached hydrogens (tertiary/aromatic N) is 4. The highest BCUT2D eigenvalue weighted by atomic mass is 35.5. The molecule has 1 aliphatic carbocycles. The highest BCUT2D eigenvalue weighted by Gasteiger charge is 2.37. The van der Waals surface area contributed by atoms with Crippen molar-refractivity contribution in [1.29, 1.82) is 0 Å². The highest BCUT2D eigenvalue weighted by Crippen LogP contribution is 2.40. The molecule has 0 bridgehead atoms. The van der Waals surface area contributed by atoms with Crippen LogP contribution in [0.4, 0.5) is 5.69 Å². The molecule has 0 aliphatic heterocycles. The number of tetrazole rings is 1. The van der Waals surface area contributed by atoms with Crippen LogP contribution in [0.3, 0.4) is 0 Å². The van der Waals surface area contributed by atoms with Gasteiger partial charge in [-0.1, -0.05) is 11.6 Å². The Morgan fingerprint density at radius 3 is 2.83 bits per heavy atom. The minimum Gasteiger partial charge on any atom is -0.398 e. The zero-order valence-corrected chi connectivity index (χ0v) is 10.9. The second-order valence-electron chi connectivity index (χ2n) is 5.00. The van der Waals surface area contributed by atoms with Crippen LogP contribution in [-0.4, -0.2) is 20.2 Å². The van der Waals surface area contributed by atoms with Crippen LogP contribution < -0.4 is 5.73 Å². The quantitative estimate of drug-likeness (QED) is 0.845. The molecular formula is C12H14ClN5. The maximum Gasteiger partial charge on any atom is 0.184 e. The predicted octanol–water partition coefficient (Wildman–Crippen LogP) is 2.47. The number of nitrogens with two attached hydrogens (primary N) is 1. The first-order valence-electron chi connectivity index (χ1n) is 5.94. The Hall–Kier alpha value is -1.62. The number of anilines is 1. The molecule has 0 atom stereocenters. The first-order chi connectivity index (χ1) is 8.60. The fraction of sp³-hybridized carbons (Fsp3) is 0.417. The minimum absolute atomic E-state index is 0.00753. The molecule has 3 rings (SSSR count). The lowest BCUT2D eigenvalue weighted by atomic mass is 9.78. The SMILES string of the molecule is CC1(n2nnnc2-c2cc(Cl)ccc2N)CCC1. The predicted molar refractivity (Wildman–Crippen MR) is 70.2 cm³/mol. The summed E-state index contributed by atoms with van der Waals surface area (Å²) < 4.78 is 1.87. The van der Waals surface area contributed by atoms with E-state index in [4.69, 9.17) is 17.3 Å². The smallest absolute Gasteiger partial charge is 0.184 e. The van der Waals surface area contributed by atoms with Crippen LogP contribution in [0, 0.1) is 0 Å². The Morgan fingerprint density at radius 2 is 2.17 bits per heavy atom. The minimum atomic E-state index is 0.00753. The summed E-state index contributed by atoms with van der Waals surface area (Å²) in [7, 11) is 0. The molecule has 6 heteroatoms. The number of hydrogen-bond donors (Lipinski definition) is 1. The average molecular weight is 264 g/mol. The van der Waals surface area contributed by atoms with Crippen molar-refractivity contribution in [3.05, 3.63) is 23.2 Å². The summed E-state index contributed by atoms with van der Waals surface area (Å²) in [5.74, 6) is 0.692. The number of nitrogen functional groups attached to an aromatic ring is 1. The second-order valence-corrected chi connectivity index (χ2v) is 5.43. The van der Waals surface area contributed by atoms with Crippen molar-refractivity contribution in [2.75, 3.05) is 5.73 Å². The van der Waals surface area contributed by atoms with Gasteiger partial charge >= 0.3 is 0 Å². The lowest BCUT2D eigenvalue weighted by Crippen LogP contribution is -2.38. The molecule has 5 nitrogen and oxygen atoms in total. The fourth-order valence-corrected chi connectivity index (χ4v) is 2.51. The molecule has 2 N–H and O–H groups in total. The molecule has 0 amide bonds. The normalized spacial score (nSPS) is 17.4. The lowest BCUT2D eigenvalue weighted by Gasteiger charge is -2.38. The van der Waals surface area contributed by atoms with E-state index in [1.807, 2.05) is 4.68 Å². The topological polar surface area (TPSA) is 69.6 Å². The summed E-state index contributed by atoms with van der Waals surface area (Å²) in [6, 6.07) is 5.35. The van der Waals surface area contributed by atoms with Crippen LogP contribution in [0.25, 0.3) is 11.4 Å². The molecule has 94 valence electrons. The van der Waals surface area contributed by atoms with Gasteiger partial charge in [-0.3, -0.25) is 0 Å². The molecule has 1 heterocycles. The van der Waals surface area contributed by atoms with E-state index in [0.717, 1.165) is 18.4 Å². The van der Waals surface area contributed by atoms with Crippen molar-refractivity contribution in [3.8, 4) is 11.4 Å². The third-order valence-electron chi connectivity index (χ3n) is 3.67. The molecule has 0 radical (unpaired) electrons. The van der Waals surface area contributed by atoms with E-state index in [1.54, 1.807) is 18.2 Å². The molecular weight excluding hydrogens is 250 g/mol. The maximum atomic E-state index is 6.01. The molecule has 2 aromatic rings. The number of hydrogen-bond acceptors (Lipinski definition) is 4. The Kier molecular flexibility index (Phi) is 2.52. The third kappa shape index (κ3) is 1.66. The molecule has 1 aromatic carbocycles. The van der Waals surface area contributed by atoms with Crippen LogP contribution in [0.1, 0.15) is 26.2 Å². The fourth-order valence-electron chi connectivity index (χ4n) is 2.34. The van der Waals surface area contributed by atoms with E-state index >= 15 is 0 Å². The van der Waals surface area contributed by atoms with E-state index in [-0.39, 0.29) is 5.54 Å². The first kappa shape index (κ1) is 11.5. The Balaban J connectivity index is 2.12. The molecule has 0 saturated heterocycles. The molecule has 1 aliphatic rings. The Morgan fingerprint density at radius 1 is 1.39 bits per heavy atom. The molecule has 0 spiro atoms. The maximum absolute atomic E-state index is 6.01. The zero-order valence-electron chi connectivity index (χ0n) is 10.1. The number of rotatable bonds is 2. The van der Waals surface area contributed by atoms with Crippen molar-refractivity contribution in [2.24, 2.45) is 0 Å². The molecule has 0 unspecified atom stereocenters. The number of aromatic nitrogens is 4. The summed E-state index contributed by atoms with van der Waals surface area (Å²) in [6.45, 7) is 2.16. The summed E-state index contributed by atoms with van der Waals surface area (Å²) >= 11 is 6.01. The van der Waals surface area contributed by atoms with Crippen molar-refractivity contribution in [3.63, 3.8) is 0 Å². The van der Waals surface area contributed by atoms with Gasteiger partial charge in [0.1, 0.15) is 0 Å². The average Bonchev–Trinajstić information content (AvgIpc) is 2.78. The van der Waals surface area contributed by atoms with E-state index in [2.05, 4.69) is 22.4 Å². The molecule has 1 saturated carbocycles. The van der Waals surface area contributed by atoms with Gasteiger partial charge in [-0.25, -0.2) is 4.68 Å². The largest absolute Gasteiger partial charge is 0.398 e. The van der Waals surface area contributed by atoms with Gasteiger partial charge in [0.05, 0.1) is 5.54 Å². The number of benzene rings is 1. The van der Waals surface area contributed by atoms with Crippen LogP contribution in [0.5, 0.6) is 0 Å². The van der Waals surface area contributed by atoms with Gasteiger partial charge < -0.3 is 5.73 Å². The summed E-state index contributed by atoms with van der Waals surface area (Å²) in [5, 5.41) is 12.6. The van der Waals surface area contributed by atoms with Gasteiger partial charge in [-0.15, -0.1) is 5.10 Å². The van der Waals surface area contributed by atoms with E-state index in [9.17, 15) is 0 Å². The lowest BCUT2D eigenvalue weighted by molar-refractivity contribution is 0.148. The van der Waals surface area contributed by atoms with Gasteiger partial charge in [0.25, 0.3) is 0 Å². The van der Waals surface area contributed by atoms with Crippen molar-refractivity contribution in [2.45, 2.75) is 31.7 Å². The molecule has 1 fully saturated rings. The zero-order chi connectivity index (χ0) is 12.8. The van der Waals surface area contributed by atoms with Crippen LogP contribution in [0.2, 0.25) is 5.02 Å². The second kappa shape index (κ2) is 3.95. The van der Waals surface area contributed by atoms with Crippen molar-refractivity contribution < 1.29 is 0 Å². The summed E-state index contributed by atoms with van der Waals surface area (Å²) in [4.78, 5) is 0. The van der Waals surface area contributed by atoms with Gasteiger partial charge in [-0.05, 0) is 54.8 Å². The van der Waals surface area contributed by atoms with Crippen LogP contribution >= 0.6 is 11.6 Å². The molecule has 18 heavy (non-hydrogen) atoms. The highest BCUT2D eigenvalue weighted by molar-refractivity contribution is 6.31. The van der Waals surface area contributed by atoms with E-state index in [1.165, 1.54) is 6.42 Å². The van der Waals surface area contributed by atoms with Crippen LogP contribution in [-0.2, 0) is 5.54 Å². The van der Waals surface area contributed by atoms with Crippen molar-refractivity contribution in [1.82, 2.24) is 20.2 Å². The van der Waals surface area contributed by atoms with Gasteiger partial charge in [-0.2, -0.15) is 0 Å². The summed E-state index contributed by atoms with van der Waals surface area (Å²) in [6.07, 6.45) is 3.39. The number of halogens is 1. The van der Waals surface area contributed by atoms with Crippen LogP contribution in [0.15, 0.2) is 18.2 Å². The summed E-state index contributed by atoms with van der Waals surface area (Å²) in [5.41, 5.74) is 7.42. The standard InChI is InChI=1S/C12H14ClN5/c1-12(5-2-6-12)18-11(15-16-17-18)9-7-8(13)3-4-10(9)14/h3-4,7H,2,5-6,14H2,1H3. The monoisotopic (exact) mass is 263 g/mol.